The number of hydrogen-bond acceptors (Lipinski definition) is 1. The summed E-state index contributed by atoms with van der Waals surface area (Å²) in [6.07, 6.45) is 4.32. The fourth-order valence-electron chi connectivity index (χ4n) is 2.70. The Hall–Kier alpha value is -0.820. The summed E-state index contributed by atoms with van der Waals surface area (Å²) in [5, 5.41) is 9.83. The van der Waals surface area contributed by atoms with E-state index in [0.717, 1.165) is 12.8 Å². The van der Waals surface area contributed by atoms with Crippen LogP contribution in [0.3, 0.4) is 0 Å². The molecule has 0 aromatic heterocycles. The Balaban J connectivity index is 2.03. The Morgan fingerprint density at radius 2 is 1.76 bits per heavy atom. The number of rotatable bonds is 2. The molecule has 0 radical (unpaired) electrons. The maximum atomic E-state index is 9.83. The SMILES string of the molecule is CC(C)(C)c1ccc(CC2CCCC2O)cc1. The van der Waals surface area contributed by atoms with E-state index < -0.39 is 0 Å². The van der Waals surface area contributed by atoms with Gasteiger partial charge < -0.3 is 5.11 Å². The lowest BCUT2D eigenvalue weighted by molar-refractivity contribution is 0.132. The lowest BCUT2D eigenvalue weighted by Crippen LogP contribution is -2.16. The van der Waals surface area contributed by atoms with E-state index in [0.29, 0.717) is 5.92 Å². The zero-order valence-electron chi connectivity index (χ0n) is 11.2. The van der Waals surface area contributed by atoms with Gasteiger partial charge in [-0.3, -0.25) is 0 Å². The first-order valence-electron chi connectivity index (χ1n) is 6.74. The Kier molecular flexibility index (Phi) is 3.58. The minimum Gasteiger partial charge on any atom is -0.393 e. The molecule has 94 valence electrons. The zero-order chi connectivity index (χ0) is 12.5. The smallest absolute Gasteiger partial charge is 0.0571 e. The average molecular weight is 232 g/mol. The van der Waals surface area contributed by atoms with Gasteiger partial charge in [-0.2, -0.15) is 0 Å². The molecule has 1 nitrogen and oxygen atoms in total. The third-order valence-electron chi connectivity index (χ3n) is 3.94. The molecular formula is C16H24O. The van der Waals surface area contributed by atoms with E-state index in [2.05, 4.69) is 45.0 Å². The summed E-state index contributed by atoms with van der Waals surface area (Å²) >= 11 is 0. The van der Waals surface area contributed by atoms with Crippen molar-refractivity contribution in [3.8, 4) is 0 Å². The second kappa shape index (κ2) is 4.81. The monoisotopic (exact) mass is 232 g/mol. The minimum absolute atomic E-state index is 0.0720. The van der Waals surface area contributed by atoms with Crippen LogP contribution in [0.2, 0.25) is 0 Å². The van der Waals surface area contributed by atoms with Crippen LogP contribution in [0.15, 0.2) is 24.3 Å². The molecule has 1 aromatic carbocycles. The van der Waals surface area contributed by atoms with Crippen LogP contribution in [-0.4, -0.2) is 11.2 Å². The standard InChI is InChI=1S/C16H24O/c1-16(2,3)14-9-7-12(8-10-14)11-13-5-4-6-15(13)17/h7-10,13,15,17H,4-6,11H2,1-3H3. The molecule has 17 heavy (non-hydrogen) atoms. The molecule has 1 fully saturated rings. The van der Waals surface area contributed by atoms with Crippen molar-refractivity contribution in [2.45, 2.75) is 58.0 Å². The first-order chi connectivity index (χ1) is 7.97. The van der Waals surface area contributed by atoms with Gasteiger partial charge in [0.25, 0.3) is 0 Å². The van der Waals surface area contributed by atoms with Gasteiger partial charge in [-0.05, 0) is 41.7 Å². The third kappa shape index (κ3) is 3.10. The number of aliphatic hydroxyl groups excluding tert-OH is 1. The number of hydrogen-bond donors (Lipinski definition) is 1. The van der Waals surface area contributed by atoms with Crippen molar-refractivity contribution in [3.05, 3.63) is 35.4 Å². The Morgan fingerprint density at radius 3 is 2.24 bits per heavy atom. The molecule has 0 bridgehead atoms. The molecule has 2 rings (SSSR count). The summed E-state index contributed by atoms with van der Waals surface area (Å²) in [5.41, 5.74) is 2.97. The molecular weight excluding hydrogens is 208 g/mol. The van der Waals surface area contributed by atoms with Crippen molar-refractivity contribution in [2.75, 3.05) is 0 Å². The van der Waals surface area contributed by atoms with Gasteiger partial charge >= 0.3 is 0 Å². The summed E-state index contributed by atoms with van der Waals surface area (Å²) in [6, 6.07) is 8.92. The second-order valence-corrected chi connectivity index (χ2v) is 6.41. The zero-order valence-corrected chi connectivity index (χ0v) is 11.2. The molecule has 0 spiro atoms. The van der Waals surface area contributed by atoms with Gasteiger partial charge in [-0.15, -0.1) is 0 Å². The van der Waals surface area contributed by atoms with Crippen molar-refractivity contribution in [1.29, 1.82) is 0 Å². The fraction of sp³-hybridized carbons (Fsp3) is 0.625. The van der Waals surface area contributed by atoms with Crippen LogP contribution in [0.4, 0.5) is 0 Å². The highest BCUT2D eigenvalue weighted by Crippen LogP contribution is 2.29. The van der Waals surface area contributed by atoms with Gasteiger partial charge in [-0.25, -0.2) is 0 Å². The Bertz CT molecular complexity index is 358. The lowest BCUT2D eigenvalue weighted by Gasteiger charge is -2.20. The first kappa shape index (κ1) is 12.6. The maximum Gasteiger partial charge on any atom is 0.0571 e. The molecule has 1 saturated carbocycles. The van der Waals surface area contributed by atoms with E-state index in [4.69, 9.17) is 0 Å². The molecule has 0 saturated heterocycles. The summed E-state index contributed by atoms with van der Waals surface area (Å²) in [4.78, 5) is 0. The molecule has 2 unspecified atom stereocenters. The van der Waals surface area contributed by atoms with E-state index >= 15 is 0 Å². The number of benzene rings is 1. The van der Waals surface area contributed by atoms with Crippen molar-refractivity contribution < 1.29 is 5.11 Å². The van der Waals surface area contributed by atoms with Crippen LogP contribution in [0.1, 0.15) is 51.2 Å². The van der Waals surface area contributed by atoms with Gasteiger partial charge in [0, 0.05) is 0 Å². The van der Waals surface area contributed by atoms with Crippen LogP contribution in [0.25, 0.3) is 0 Å². The molecule has 2 atom stereocenters. The van der Waals surface area contributed by atoms with Crippen LogP contribution in [-0.2, 0) is 11.8 Å². The second-order valence-electron chi connectivity index (χ2n) is 6.41. The topological polar surface area (TPSA) is 20.2 Å². The third-order valence-corrected chi connectivity index (χ3v) is 3.94. The predicted octanol–water partition coefficient (Wildman–Crippen LogP) is 3.69. The van der Waals surface area contributed by atoms with E-state index in [1.807, 2.05) is 0 Å². The van der Waals surface area contributed by atoms with Gasteiger partial charge in [0.05, 0.1) is 6.10 Å². The molecule has 1 N–H and O–H groups in total. The maximum absolute atomic E-state index is 9.83. The lowest BCUT2D eigenvalue weighted by atomic mass is 9.86. The van der Waals surface area contributed by atoms with E-state index in [1.54, 1.807) is 0 Å². The van der Waals surface area contributed by atoms with Gasteiger partial charge in [-0.1, -0.05) is 51.5 Å². The molecule has 1 aliphatic rings. The van der Waals surface area contributed by atoms with Crippen LogP contribution >= 0.6 is 0 Å². The highest BCUT2D eigenvalue weighted by atomic mass is 16.3. The van der Waals surface area contributed by atoms with E-state index in [1.165, 1.54) is 24.0 Å². The Morgan fingerprint density at radius 1 is 1.12 bits per heavy atom. The fourth-order valence-corrected chi connectivity index (χ4v) is 2.70. The molecule has 1 heteroatoms. The normalized spacial score (nSPS) is 25.2. The molecule has 0 heterocycles. The molecule has 0 amide bonds. The van der Waals surface area contributed by atoms with Crippen LogP contribution in [0, 0.1) is 5.92 Å². The van der Waals surface area contributed by atoms with Crippen molar-refractivity contribution in [2.24, 2.45) is 5.92 Å². The first-order valence-corrected chi connectivity index (χ1v) is 6.74. The summed E-state index contributed by atoms with van der Waals surface area (Å²) in [7, 11) is 0. The van der Waals surface area contributed by atoms with Gasteiger partial charge in [0.2, 0.25) is 0 Å². The summed E-state index contributed by atoms with van der Waals surface area (Å²) < 4.78 is 0. The summed E-state index contributed by atoms with van der Waals surface area (Å²) in [6.45, 7) is 6.72. The molecule has 1 aromatic rings. The average Bonchev–Trinajstić information content (AvgIpc) is 2.64. The van der Waals surface area contributed by atoms with Crippen molar-refractivity contribution >= 4 is 0 Å². The summed E-state index contributed by atoms with van der Waals surface area (Å²) in [5.74, 6) is 0.482. The molecule has 0 aliphatic heterocycles. The largest absolute Gasteiger partial charge is 0.393 e. The predicted molar refractivity (Wildman–Crippen MR) is 72.2 cm³/mol. The van der Waals surface area contributed by atoms with Crippen LogP contribution in [0.5, 0.6) is 0 Å². The highest BCUT2D eigenvalue weighted by molar-refractivity contribution is 5.27. The minimum atomic E-state index is -0.0720. The highest BCUT2D eigenvalue weighted by Gasteiger charge is 2.25. The van der Waals surface area contributed by atoms with Crippen molar-refractivity contribution in [3.63, 3.8) is 0 Å². The van der Waals surface area contributed by atoms with Gasteiger partial charge in [0.1, 0.15) is 0 Å². The quantitative estimate of drug-likeness (QED) is 0.824. The van der Waals surface area contributed by atoms with E-state index in [9.17, 15) is 5.11 Å². The number of aliphatic hydroxyl groups is 1. The van der Waals surface area contributed by atoms with Gasteiger partial charge in [0.15, 0.2) is 0 Å². The Labute approximate surface area is 105 Å². The van der Waals surface area contributed by atoms with E-state index in [-0.39, 0.29) is 11.5 Å². The van der Waals surface area contributed by atoms with Crippen molar-refractivity contribution in [1.82, 2.24) is 0 Å². The van der Waals surface area contributed by atoms with Crippen LogP contribution < -0.4 is 0 Å². The molecule has 1 aliphatic carbocycles.